The van der Waals surface area contributed by atoms with Crippen LogP contribution in [0, 0.1) is 0 Å². The Morgan fingerprint density at radius 1 is 1.42 bits per heavy atom. The van der Waals surface area contributed by atoms with Gasteiger partial charge in [-0.3, -0.25) is 4.79 Å². The molecule has 0 unspecified atom stereocenters. The molecule has 0 radical (unpaired) electrons. The van der Waals surface area contributed by atoms with Crippen LogP contribution in [0.5, 0.6) is 0 Å². The normalized spacial score (nSPS) is 16.9. The minimum absolute atomic E-state index is 0.0950. The van der Waals surface area contributed by atoms with Gasteiger partial charge in [0.05, 0.1) is 24.2 Å². The van der Waals surface area contributed by atoms with Crippen molar-refractivity contribution in [3.05, 3.63) is 47.9 Å². The lowest BCUT2D eigenvalue weighted by molar-refractivity contribution is -0.120. The molecule has 2 aromatic rings. The van der Waals surface area contributed by atoms with Gasteiger partial charge < -0.3 is 14.6 Å². The SMILES string of the molecule is C[C@H]1Cc2cc(S(N)(=O)=O)ccc2N1CC(=O)NCc1ccco1. The number of primary sulfonamides is 1. The average molecular weight is 349 g/mol. The Morgan fingerprint density at radius 2 is 2.21 bits per heavy atom. The van der Waals surface area contributed by atoms with Crippen LogP contribution >= 0.6 is 0 Å². The number of hydrogen-bond acceptors (Lipinski definition) is 5. The van der Waals surface area contributed by atoms with Crippen molar-refractivity contribution in [3.63, 3.8) is 0 Å². The molecule has 0 bridgehead atoms. The van der Waals surface area contributed by atoms with Crippen LogP contribution in [-0.4, -0.2) is 26.9 Å². The van der Waals surface area contributed by atoms with E-state index in [4.69, 9.17) is 9.56 Å². The van der Waals surface area contributed by atoms with Gasteiger partial charge in [0.15, 0.2) is 0 Å². The second-order valence-electron chi connectivity index (χ2n) is 5.87. The van der Waals surface area contributed by atoms with Crippen molar-refractivity contribution < 1.29 is 17.6 Å². The molecule has 1 aromatic heterocycles. The molecule has 3 N–H and O–H groups in total. The summed E-state index contributed by atoms with van der Waals surface area (Å²) in [7, 11) is -3.72. The summed E-state index contributed by atoms with van der Waals surface area (Å²) in [4.78, 5) is 14.2. The lowest BCUT2D eigenvalue weighted by Crippen LogP contribution is -2.39. The summed E-state index contributed by atoms with van der Waals surface area (Å²) in [5, 5.41) is 7.98. The van der Waals surface area contributed by atoms with Gasteiger partial charge in [-0.1, -0.05) is 0 Å². The van der Waals surface area contributed by atoms with Gasteiger partial charge in [0.2, 0.25) is 15.9 Å². The summed E-state index contributed by atoms with van der Waals surface area (Å²) < 4.78 is 28.1. The minimum Gasteiger partial charge on any atom is -0.467 e. The fourth-order valence-corrected chi connectivity index (χ4v) is 3.46. The van der Waals surface area contributed by atoms with Crippen LogP contribution in [-0.2, 0) is 27.8 Å². The monoisotopic (exact) mass is 349 g/mol. The van der Waals surface area contributed by atoms with Gasteiger partial charge in [0.25, 0.3) is 0 Å². The number of rotatable bonds is 5. The van der Waals surface area contributed by atoms with Crippen molar-refractivity contribution in [2.45, 2.75) is 30.8 Å². The summed E-state index contributed by atoms with van der Waals surface area (Å²) in [6.45, 7) is 2.53. The Hall–Kier alpha value is -2.32. The summed E-state index contributed by atoms with van der Waals surface area (Å²) in [6.07, 6.45) is 2.23. The summed E-state index contributed by atoms with van der Waals surface area (Å²) in [6, 6.07) is 8.43. The van der Waals surface area contributed by atoms with Crippen LogP contribution in [0.1, 0.15) is 18.2 Å². The van der Waals surface area contributed by atoms with Crippen LogP contribution in [0.15, 0.2) is 45.9 Å². The average Bonchev–Trinajstić information content (AvgIpc) is 3.12. The molecule has 1 aromatic carbocycles. The smallest absolute Gasteiger partial charge is 0.239 e. The Kier molecular flexibility index (Phi) is 4.33. The van der Waals surface area contributed by atoms with E-state index in [-0.39, 0.29) is 23.4 Å². The fraction of sp³-hybridized carbons (Fsp3) is 0.312. The largest absolute Gasteiger partial charge is 0.467 e. The minimum atomic E-state index is -3.72. The number of carbonyl (C=O) groups is 1. The van der Waals surface area contributed by atoms with Crippen LogP contribution in [0.3, 0.4) is 0 Å². The summed E-state index contributed by atoms with van der Waals surface area (Å²) in [5.74, 6) is 0.567. The second-order valence-corrected chi connectivity index (χ2v) is 7.43. The van der Waals surface area contributed by atoms with E-state index in [1.54, 1.807) is 30.5 Å². The highest BCUT2D eigenvalue weighted by Crippen LogP contribution is 2.33. The quantitative estimate of drug-likeness (QED) is 0.837. The Labute approximate surface area is 140 Å². The van der Waals surface area contributed by atoms with Crippen molar-refractivity contribution in [2.75, 3.05) is 11.4 Å². The molecule has 1 aliphatic heterocycles. The van der Waals surface area contributed by atoms with Gasteiger partial charge in [0.1, 0.15) is 5.76 Å². The first kappa shape index (κ1) is 16.5. The maximum Gasteiger partial charge on any atom is 0.239 e. The number of fused-ring (bicyclic) bond motifs is 1. The number of furan rings is 1. The Bertz CT molecular complexity index is 846. The Balaban J connectivity index is 1.70. The Morgan fingerprint density at radius 3 is 2.88 bits per heavy atom. The molecule has 24 heavy (non-hydrogen) atoms. The van der Waals surface area contributed by atoms with E-state index in [1.807, 2.05) is 11.8 Å². The number of nitrogens with zero attached hydrogens (tertiary/aromatic N) is 1. The number of carbonyl (C=O) groups excluding carboxylic acids is 1. The third kappa shape index (κ3) is 3.44. The fourth-order valence-electron chi connectivity index (χ4n) is 2.90. The molecular weight excluding hydrogens is 330 g/mol. The van der Waals surface area contributed by atoms with Crippen molar-refractivity contribution in [1.82, 2.24) is 5.32 Å². The molecule has 128 valence electrons. The van der Waals surface area contributed by atoms with E-state index in [9.17, 15) is 13.2 Å². The zero-order valence-corrected chi connectivity index (χ0v) is 14.0. The number of anilines is 1. The van der Waals surface area contributed by atoms with Crippen LogP contribution in [0.4, 0.5) is 5.69 Å². The maximum atomic E-state index is 12.2. The predicted octanol–water partition coefficient (Wildman–Crippen LogP) is 0.994. The number of hydrogen-bond donors (Lipinski definition) is 2. The van der Waals surface area contributed by atoms with E-state index in [0.717, 1.165) is 11.3 Å². The van der Waals surface area contributed by atoms with Crippen LogP contribution < -0.4 is 15.4 Å². The first-order valence-corrected chi connectivity index (χ1v) is 9.10. The van der Waals surface area contributed by atoms with Gasteiger partial charge in [0, 0.05) is 11.7 Å². The molecule has 0 aliphatic carbocycles. The molecule has 1 amide bonds. The zero-order chi connectivity index (χ0) is 17.3. The van der Waals surface area contributed by atoms with Gasteiger partial charge in [-0.25, -0.2) is 13.6 Å². The molecule has 2 heterocycles. The molecule has 0 spiro atoms. The molecule has 1 aliphatic rings. The number of sulfonamides is 1. The van der Waals surface area contributed by atoms with E-state index in [1.165, 1.54) is 6.07 Å². The first-order valence-electron chi connectivity index (χ1n) is 7.56. The van der Waals surface area contributed by atoms with Crippen LogP contribution in [0.2, 0.25) is 0 Å². The zero-order valence-electron chi connectivity index (χ0n) is 13.2. The molecule has 1 atom stereocenters. The lowest BCUT2D eigenvalue weighted by atomic mass is 10.1. The van der Waals surface area contributed by atoms with Crippen molar-refractivity contribution in [2.24, 2.45) is 5.14 Å². The van der Waals surface area contributed by atoms with Gasteiger partial charge >= 0.3 is 0 Å². The molecule has 8 heteroatoms. The molecule has 0 fully saturated rings. The van der Waals surface area contributed by atoms with E-state index in [2.05, 4.69) is 5.32 Å². The van der Waals surface area contributed by atoms with E-state index < -0.39 is 10.0 Å². The first-order chi connectivity index (χ1) is 11.3. The summed E-state index contributed by atoms with van der Waals surface area (Å²) >= 11 is 0. The number of benzene rings is 1. The van der Waals surface area contributed by atoms with E-state index >= 15 is 0 Å². The second kappa shape index (κ2) is 6.29. The molecular formula is C16H19N3O4S. The lowest BCUT2D eigenvalue weighted by Gasteiger charge is -2.24. The predicted molar refractivity (Wildman–Crippen MR) is 88.9 cm³/mol. The number of nitrogens with one attached hydrogen (secondary N) is 1. The van der Waals surface area contributed by atoms with Gasteiger partial charge in [-0.05, 0) is 49.2 Å². The molecule has 0 saturated heterocycles. The van der Waals surface area contributed by atoms with Crippen molar-refractivity contribution in [3.8, 4) is 0 Å². The number of nitrogens with two attached hydrogens (primary N) is 1. The molecule has 3 rings (SSSR count). The number of amides is 1. The van der Waals surface area contributed by atoms with E-state index in [0.29, 0.717) is 18.7 Å². The standard InChI is InChI=1S/C16H19N3O4S/c1-11-7-12-8-14(24(17,21)22)4-5-15(12)19(11)10-16(20)18-9-13-3-2-6-23-13/h2-6,8,11H,7,9-10H2,1H3,(H,18,20)(H2,17,21,22)/t11-/m0/s1. The van der Waals surface area contributed by atoms with Crippen molar-refractivity contribution in [1.29, 1.82) is 0 Å². The highest BCUT2D eigenvalue weighted by Gasteiger charge is 2.28. The van der Waals surface area contributed by atoms with Crippen LogP contribution in [0.25, 0.3) is 0 Å². The van der Waals surface area contributed by atoms with Gasteiger partial charge in [-0.15, -0.1) is 0 Å². The molecule has 7 nitrogen and oxygen atoms in total. The molecule has 0 saturated carbocycles. The third-order valence-corrected chi connectivity index (χ3v) is 5.00. The highest BCUT2D eigenvalue weighted by molar-refractivity contribution is 7.89. The topological polar surface area (TPSA) is 106 Å². The van der Waals surface area contributed by atoms with Gasteiger partial charge in [-0.2, -0.15) is 0 Å². The third-order valence-electron chi connectivity index (χ3n) is 4.09. The van der Waals surface area contributed by atoms with Crippen molar-refractivity contribution >= 4 is 21.6 Å². The highest BCUT2D eigenvalue weighted by atomic mass is 32.2. The summed E-state index contributed by atoms with van der Waals surface area (Å²) in [5.41, 5.74) is 1.75. The maximum absolute atomic E-state index is 12.2.